The summed E-state index contributed by atoms with van der Waals surface area (Å²) in [5.41, 5.74) is 1.01. The van der Waals surface area contributed by atoms with Gasteiger partial charge in [0.25, 0.3) is 0 Å². The van der Waals surface area contributed by atoms with Crippen LogP contribution in [0.2, 0.25) is 5.02 Å². The molecule has 0 saturated carbocycles. The molecule has 0 aliphatic carbocycles. The Morgan fingerprint density at radius 2 is 2.31 bits per heavy atom. The molecule has 1 aromatic carbocycles. The van der Waals surface area contributed by atoms with Gasteiger partial charge in [0.2, 0.25) is 0 Å². The second-order valence-corrected chi connectivity index (χ2v) is 5.45. The molecule has 1 N–H and O–H groups in total. The average Bonchev–Trinajstić information content (AvgIpc) is 2.31. The summed E-state index contributed by atoms with van der Waals surface area (Å²) in [5, 5.41) is 3.54. The van der Waals surface area contributed by atoms with E-state index in [0.717, 1.165) is 25.1 Å². The molecule has 1 unspecified atom stereocenters. The maximum absolute atomic E-state index is 13.6. The molecule has 0 bridgehead atoms. The van der Waals surface area contributed by atoms with Gasteiger partial charge in [-0.15, -0.1) is 0 Å². The Bertz CT molecular complexity index is 378. The van der Waals surface area contributed by atoms with Crippen molar-refractivity contribution < 1.29 is 4.39 Å². The second-order valence-electron chi connectivity index (χ2n) is 4.25. The third kappa shape index (κ3) is 2.76. The summed E-state index contributed by atoms with van der Waals surface area (Å²) in [5.74, 6) is 0.258. The van der Waals surface area contributed by atoms with E-state index in [4.69, 9.17) is 11.6 Å². The van der Waals surface area contributed by atoms with E-state index >= 15 is 0 Å². The first-order valence-corrected chi connectivity index (χ1v) is 6.68. The summed E-state index contributed by atoms with van der Waals surface area (Å²) in [7, 11) is 0. The molecule has 0 amide bonds. The van der Waals surface area contributed by atoms with E-state index in [-0.39, 0.29) is 10.8 Å². The lowest BCUT2D eigenvalue weighted by atomic mass is 9.92. The van der Waals surface area contributed by atoms with E-state index in [1.54, 1.807) is 6.07 Å². The molecule has 1 aromatic rings. The van der Waals surface area contributed by atoms with Crippen LogP contribution in [0.15, 0.2) is 16.6 Å². The number of rotatable bonds is 2. The number of piperidine rings is 1. The number of hydrogen-bond donors (Lipinski definition) is 1. The molecule has 1 saturated heterocycles. The molecule has 1 aliphatic rings. The van der Waals surface area contributed by atoms with Crippen LogP contribution in [-0.4, -0.2) is 13.1 Å². The highest BCUT2D eigenvalue weighted by atomic mass is 79.9. The van der Waals surface area contributed by atoms with Gasteiger partial charge in [0.05, 0.1) is 9.50 Å². The molecule has 0 aromatic heterocycles. The van der Waals surface area contributed by atoms with E-state index in [0.29, 0.717) is 10.4 Å². The number of hydrogen-bond acceptors (Lipinski definition) is 1. The van der Waals surface area contributed by atoms with Gasteiger partial charge < -0.3 is 5.32 Å². The zero-order valence-corrected chi connectivity index (χ0v) is 11.2. The average molecular weight is 307 g/mol. The van der Waals surface area contributed by atoms with E-state index in [1.165, 1.54) is 12.8 Å². The monoisotopic (exact) mass is 305 g/mol. The molecule has 0 spiro atoms. The molecule has 16 heavy (non-hydrogen) atoms. The maximum atomic E-state index is 13.6. The van der Waals surface area contributed by atoms with Crippen molar-refractivity contribution in [3.05, 3.63) is 33.0 Å². The highest BCUT2D eigenvalue weighted by Gasteiger charge is 2.17. The van der Waals surface area contributed by atoms with Crippen molar-refractivity contribution in [2.75, 3.05) is 13.1 Å². The Kier molecular flexibility index (Phi) is 4.22. The molecule has 88 valence electrons. The maximum Gasteiger partial charge on any atom is 0.156 e. The van der Waals surface area contributed by atoms with Gasteiger partial charge in [-0.1, -0.05) is 17.7 Å². The van der Waals surface area contributed by atoms with Crippen LogP contribution in [-0.2, 0) is 6.42 Å². The Balaban J connectivity index is 2.11. The van der Waals surface area contributed by atoms with Crippen molar-refractivity contribution in [2.24, 2.45) is 5.92 Å². The number of halogens is 3. The first-order chi connectivity index (χ1) is 7.68. The molecule has 1 fully saturated rings. The molecule has 2 rings (SSSR count). The van der Waals surface area contributed by atoms with Crippen LogP contribution >= 0.6 is 27.5 Å². The van der Waals surface area contributed by atoms with Crippen LogP contribution in [0.4, 0.5) is 4.39 Å². The fourth-order valence-electron chi connectivity index (χ4n) is 2.13. The minimum atomic E-state index is -0.345. The minimum Gasteiger partial charge on any atom is -0.316 e. The molecule has 1 heterocycles. The third-order valence-electron chi connectivity index (χ3n) is 3.02. The summed E-state index contributed by atoms with van der Waals surface area (Å²) < 4.78 is 14.1. The highest BCUT2D eigenvalue weighted by molar-refractivity contribution is 9.10. The predicted molar refractivity (Wildman–Crippen MR) is 68.4 cm³/mol. The molecular weight excluding hydrogens is 292 g/mol. The van der Waals surface area contributed by atoms with Crippen molar-refractivity contribution in [2.45, 2.75) is 19.3 Å². The van der Waals surface area contributed by atoms with Crippen molar-refractivity contribution in [1.29, 1.82) is 0 Å². The van der Waals surface area contributed by atoms with Gasteiger partial charge >= 0.3 is 0 Å². The SMILES string of the molecule is Fc1c(Cl)ccc(CC2CCCNC2)c1Br. The Hall–Kier alpha value is -0.120. The first kappa shape index (κ1) is 12.3. The van der Waals surface area contributed by atoms with E-state index in [2.05, 4.69) is 21.2 Å². The molecular formula is C12H14BrClFN. The van der Waals surface area contributed by atoms with Gasteiger partial charge in [0.1, 0.15) is 0 Å². The van der Waals surface area contributed by atoms with Crippen molar-refractivity contribution in [1.82, 2.24) is 5.32 Å². The fourth-order valence-corrected chi connectivity index (χ4v) is 2.91. The van der Waals surface area contributed by atoms with Crippen LogP contribution in [0.1, 0.15) is 18.4 Å². The van der Waals surface area contributed by atoms with E-state index < -0.39 is 0 Å². The van der Waals surface area contributed by atoms with Crippen LogP contribution in [0.25, 0.3) is 0 Å². The summed E-state index contributed by atoms with van der Waals surface area (Å²) in [6.07, 6.45) is 3.32. The first-order valence-electron chi connectivity index (χ1n) is 5.51. The van der Waals surface area contributed by atoms with Crippen molar-refractivity contribution in [3.8, 4) is 0 Å². The van der Waals surface area contributed by atoms with Gasteiger partial charge in [-0.2, -0.15) is 0 Å². The Morgan fingerprint density at radius 3 is 3.00 bits per heavy atom. The second kappa shape index (κ2) is 5.48. The van der Waals surface area contributed by atoms with Gasteiger partial charge in [-0.05, 0) is 65.8 Å². The van der Waals surface area contributed by atoms with Gasteiger partial charge in [0.15, 0.2) is 5.82 Å². The summed E-state index contributed by atoms with van der Waals surface area (Å²) in [6.45, 7) is 2.13. The molecule has 0 radical (unpaired) electrons. The standard InChI is InChI=1S/C12H14BrClFN/c13-11-9(3-4-10(14)12(11)15)6-8-2-1-5-16-7-8/h3-4,8,16H,1-2,5-7H2. The summed E-state index contributed by atoms with van der Waals surface area (Å²) in [4.78, 5) is 0. The lowest BCUT2D eigenvalue weighted by Crippen LogP contribution is -2.30. The summed E-state index contributed by atoms with van der Waals surface area (Å²) >= 11 is 8.99. The van der Waals surface area contributed by atoms with Gasteiger partial charge in [0, 0.05) is 0 Å². The predicted octanol–water partition coefficient (Wildman–Crippen LogP) is 3.78. The smallest absolute Gasteiger partial charge is 0.156 e. The van der Waals surface area contributed by atoms with Crippen LogP contribution in [0, 0.1) is 11.7 Å². The fraction of sp³-hybridized carbons (Fsp3) is 0.500. The number of nitrogens with one attached hydrogen (secondary N) is 1. The Labute approximate surface area is 109 Å². The van der Waals surface area contributed by atoms with E-state index in [9.17, 15) is 4.39 Å². The highest BCUT2D eigenvalue weighted by Crippen LogP contribution is 2.29. The van der Waals surface area contributed by atoms with Gasteiger partial charge in [-0.3, -0.25) is 0 Å². The minimum absolute atomic E-state index is 0.178. The van der Waals surface area contributed by atoms with Crippen LogP contribution in [0.3, 0.4) is 0 Å². The molecule has 1 nitrogen and oxygen atoms in total. The Morgan fingerprint density at radius 1 is 1.50 bits per heavy atom. The van der Waals surface area contributed by atoms with Crippen molar-refractivity contribution in [3.63, 3.8) is 0 Å². The summed E-state index contributed by atoms with van der Waals surface area (Å²) in [6, 6.07) is 3.54. The normalized spacial score (nSPS) is 21.1. The largest absolute Gasteiger partial charge is 0.316 e. The quantitative estimate of drug-likeness (QED) is 0.820. The number of benzene rings is 1. The lowest BCUT2D eigenvalue weighted by molar-refractivity contribution is 0.375. The van der Waals surface area contributed by atoms with Crippen LogP contribution < -0.4 is 5.32 Å². The topological polar surface area (TPSA) is 12.0 Å². The van der Waals surface area contributed by atoms with Crippen LogP contribution in [0.5, 0.6) is 0 Å². The van der Waals surface area contributed by atoms with E-state index in [1.807, 2.05) is 6.07 Å². The molecule has 4 heteroatoms. The molecule has 1 aliphatic heterocycles. The van der Waals surface area contributed by atoms with Crippen molar-refractivity contribution >= 4 is 27.5 Å². The van der Waals surface area contributed by atoms with Gasteiger partial charge in [-0.25, -0.2) is 4.39 Å². The molecule has 1 atom stereocenters. The lowest BCUT2D eigenvalue weighted by Gasteiger charge is -2.23. The third-order valence-corrected chi connectivity index (χ3v) is 4.17. The zero-order valence-electron chi connectivity index (χ0n) is 8.90. The zero-order chi connectivity index (χ0) is 11.5.